The molecule has 0 radical (unpaired) electrons. The number of fused-ring (bicyclic) bond motifs is 1. The fourth-order valence-corrected chi connectivity index (χ4v) is 4.33. The quantitative estimate of drug-likeness (QED) is 0.701. The second kappa shape index (κ2) is 6.96. The molecule has 4 rings (SSSR count). The smallest absolute Gasteiger partial charge is 0.261 e. The molecule has 1 aliphatic carbocycles. The van der Waals surface area contributed by atoms with Crippen LogP contribution in [-0.4, -0.2) is 33.4 Å². The number of carbonyl (C=O) groups is 2. The maximum absolute atomic E-state index is 12.6. The molecule has 0 bridgehead atoms. The maximum atomic E-state index is 12.6. The molecule has 2 heterocycles. The molecule has 0 spiro atoms. The first kappa shape index (κ1) is 18.0. The number of aromatic nitrogens is 1. The van der Waals surface area contributed by atoms with E-state index in [2.05, 4.69) is 15.9 Å². The fourth-order valence-electron chi connectivity index (χ4n) is 3.81. The Morgan fingerprint density at radius 1 is 1.00 bits per heavy atom. The Bertz CT molecular complexity index is 941. The number of ether oxygens (including phenoxy) is 1. The van der Waals surface area contributed by atoms with Crippen LogP contribution in [-0.2, 0) is 7.05 Å². The summed E-state index contributed by atoms with van der Waals surface area (Å²) in [4.78, 5) is 38.5. The topological polar surface area (TPSA) is 68.6 Å². The van der Waals surface area contributed by atoms with Gasteiger partial charge < -0.3 is 9.30 Å². The van der Waals surface area contributed by atoms with Crippen LogP contribution in [0.3, 0.4) is 0 Å². The van der Waals surface area contributed by atoms with Gasteiger partial charge in [0.15, 0.2) is 0 Å². The van der Waals surface area contributed by atoms with Crippen molar-refractivity contribution in [3.8, 4) is 5.75 Å². The van der Waals surface area contributed by atoms with Gasteiger partial charge in [-0.2, -0.15) is 0 Å². The van der Waals surface area contributed by atoms with Crippen LogP contribution in [0.4, 0.5) is 0 Å². The molecule has 2 amide bonds. The van der Waals surface area contributed by atoms with E-state index < -0.39 is 0 Å². The van der Waals surface area contributed by atoms with Crippen LogP contribution in [0.15, 0.2) is 45.8 Å². The normalized spacial score (nSPS) is 22.1. The average Bonchev–Trinajstić information content (AvgIpc) is 2.92. The monoisotopic (exact) mass is 430 g/mol. The molecule has 140 valence electrons. The van der Waals surface area contributed by atoms with Gasteiger partial charge in [0.2, 0.25) is 0 Å². The Kier molecular flexibility index (Phi) is 4.63. The van der Waals surface area contributed by atoms with E-state index >= 15 is 0 Å². The molecule has 0 saturated heterocycles. The first-order valence-corrected chi connectivity index (χ1v) is 9.74. The van der Waals surface area contributed by atoms with Gasteiger partial charge in [0, 0.05) is 25.4 Å². The summed E-state index contributed by atoms with van der Waals surface area (Å²) in [7, 11) is 1.68. The third-order valence-corrected chi connectivity index (χ3v) is 5.87. The lowest BCUT2D eigenvalue weighted by atomic mass is 9.92. The van der Waals surface area contributed by atoms with E-state index in [-0.39, 0.29) is 29.5 Å². The number of carbonyl (C=O) groups excluding carboxylic acids is 2. The van der Waals surface area contributed by atoms with Crippen molar-refractivity contribution < 1.29 is 14.3 Å². The van der Waals surface area contributed by atoms with E-state index in [1.54, 1.807) is 37.5 Å². The van der Waals surface area contributed by atoms with E-state index in [9.17, 15) is 14.4 Å². The number of aryl methyl sites for hydroxylation is 1. The van der Waals surface area contributed by atoms with Gasteiger partial charge >= 0.3 is 0 Å². The highest BCUT2D eigenvalue weighted by atomic mass is 79.9. The minimum atomic E-state index is -0.200. The number of hydrogen-bond acceptors (Lipinski definition) is 4. The standard InChI is InChI=1S/C20H19BrN2O4/c1-22-11-16(21)17(10-18(22)24)27-13-8-6-12(7-9-13)23-19(25)14-4-2-3-5-15(14)20(23)26/h2-5,10-13H,6-9H2,1H3. The number of amides is 2. The summed E-state index contributed by atoms with van der Waals surface area (Å²) in [5.41, 5.74) is 0.850. The van der Waals surface area contributed by atoms with E-state index in [0.717, 1.165) is 17.3 Å². The fraction of sp³-hybridized carbons (Fsp3) is 0.350. The summed E-state index contributed by atoms with van der Waals surface area (Å²) in [5.74, 6) is 0.130. The van der Waals surface area contributed by atoms with E-state index in [4.69, 9.17) is 4.74 Å². The molecule has 0 unspecified atom stereocenters. The SMILES string of the molecule is Cn1cc(Br)c(OC2CCC(N3C(=O)c4ccccc4C3=O)CC2)cc1=O. The van der Waals surface area contributed by atoms with E-state index in [1.165, 1.54) is 15.5 Å². The van der Waals surface area contributed by atoms with E-state index in [0.29, 0.717) is 29.7 Å². The van der Waals surface area contributed by atoms with Crippen molar-refractivity contribution in [3.63, 3.8) is 0 Å². The van der Waals surface area contributed by atoms with E-state index in [1.807, 2.05) is 0 Å². The largest absolute Gasteiger partial charge is 0.489 e. The molecule has 6 nitrogen and oxygen atoms in total. The molecule has 7 heteroatoms. The Morgan fingerprint density at radius 2 is 1.59 bits per heavy atom. The third kappa shape index (κ3) is 3.20. The zero-order valence-corrected chi connectivity index (χ0v) is 16.4. The molecular formula is C20H19BrN2O4. The summed E-state index contributed by atoms with van der Waals surface area (Å²) < 4.78 is 8.21. The van der Waals surface area contributed by atoms with Crippen molar-refractivity contribution in [3.05, 3.63) is 62.5 Å². The van der Waals surface area contributed by atoms with Crippen LogP contribution < -0.4 is 10.3 Å². The van der Waals surface area contributed by atoms with Gasteiger partial charge in [-0.15, -0.1) is 0 Å². The minimum absolute atomic E-state index is 0.0418. The highest BCUT2D eigenvalue weighted by molar-refractivity contribution is 9.10. The Labute approximate surface area is 164 Å². The number of halogens is 1. The molecular weight excluding hydrogens is 412 g/mol. The number of hydrogen-bond donors (Lipinski definition) is 0. The molecule has 2 aromatic rings. The number of imide groups is 1. The maximum Gasteiger partial charge on any atom is 0.261 e. The lowest BCUT2D eigenvalue weighted by Crippen LogP contribution is -2.43. The third-order valence-electron chi connectivity index (χ3n) is 5.27. The van der Waals surface area contributed by atoms with Crippen LogP contribution in [0.25, 0.3) is 0 Å². The van der Waals surface area contributed by atoms with Gasteiger partial charge in [-0.3, -0.25) is 19.3 Å². The number of rotatable bonds is 3. The van der Waals surface area contributed by atoms with Gasteiger partial charge in [0.05, 0.1) is 21.7 Å². The van der Waals surface area contributed by atoms with Crippen molar-refractivity contribution >= 4 is 27.7 Å². The van der Waals surface area contributed by atoms with Crippen molar-refractivity contribution in [1.82, 2.24) is 9.47 Å². The van der Waals surface area contributed by atoms with Gasteiger partial charge in [-0.05, 0) is 53.7 Å². The zero-order valence-electron chi connectivity index (χ0n) is 14.9. The number of benzene rings is 1. The summed E-state index contributed by atoms with van der Waals surface area (Å²) in [6, 6.07) is 8.33. The van der Waals surface area contributed by atoms with Crippen LogP contribution >= 0.6 is 15.9 Å². The first-order chi connectivity index (χ1) is 13.0. The second-order valence-corrected chi connectivity index (χ2v) is 7.86. The van der Waals surface area contributed by atoms with Crippen molar-refractivity contribution in [2.24, 2.45) is 7.05 Å². The van der Waals surface area contributed by atoms with Gasteiger partial charge in [0.25, 0.3) is 17.4 Å². The molecule has 2 aliphatic rings. The number of pyridine rings is 1. The summed E-state index contributed by atoms with van der Waals surface area (Å²) in [5, 5.41) is 0. The molecule has 1 aromatic carbocycles. The Hall–Kier alpha value is -2.41. The highest BCUT2D eigenvalue weighted by Crippen LogP contribution is 2.33. The summed E-state index contributed by atoms with van der Waals surface area (Å²) in [6.45, 7) is 0. The van der Waals surface area contributed by atoms with Crippen LogP contribution in [0.1, 0.15) is 46.4 Å². The van der Waals surface area contributed by atoms with Crippen molar-refractivity contribution in [1.29, 1.82) is 0 Å². The average molecular weight is 431 g/mol. The molecule has 0 atom stereocenters. The highest BCUT2D eigenvalue weighted by Gasteiger charge is 2.41. The van der Waals surface area contributed by atoms with Crippen LogP contribution in [0.5, 0.6) is 5.75 Å². The minimum Gasteiger partial charge on any atom is -0.489 e. The summed E-state index contributed by atoms with van der Waals surface area (Å²) in [6.07, 6.45) is 4.47. The predicted octanol–water partition coefficient (Wildman–Crippen LogP) is 3.13. The molecule has 1 fully saturated rings. The van der Waals surface area contributed by atoms with Gasteiger partial charge in [-0.1, -0.05) is 12.1 Å². The van der Waals surface area contributed by atoms with Crippen molar-refractivity contribution in [2.45, 2.75) is 37.8 Å². The Morgan fingerprint density at radius 3 is 2.19 bits per heavy atom. The molecule has 0 N–H and O–H groups in total. The van der Waals surface area contributed by atoms with Crippen LogP contribution in [0, 0.1) is 0 Å². The van der Waals surface area contributed by atoms with Gasteiger partial charge in [-0.25, -0.2) is 0 Å². The zero-order chi connectivity index (χ0) is 19.1. The first-order valence-electron chi connectivity index (χ1n) is 8.95. The predicted molar refractivity (Wildman–Crippen MR) is 103 cm³/mol. The Balaban J connectivity index is 1.43. The molecule has 1 aromatic heterocycles. The van der Waals surface area contributed by atoms with Gasteiger partial charge in [0.1, 0.15) is 5.75 Å². The van der Waals surface area contributed by atoms with Crippen LogP contribution in [0.2, 0.25) is 0 Å². The number of nitrogens with zero attached hydrogens (tertiary/aromatic N) is 2. The second-order valence-electron chi connectivity index (χ2n) is 7.01. The lowest BCUT2D eigenvalue weighted by Gasteiger charge is -2.33. The van der Waals surface area contributed by atoms with Crippen molar-refractivity contribution in [2.75, 3.05) is 0 Å². The summed E-state index contributed by atoms with van der Waals surface area (Å²) >= 11 is 3.42. The molecule has 1 saturated carbocycles. The lowest BCUT2D eigenvalue weighted by molar-refractivity contribution is 0.0477. The molecule has 27 heavy (non-hydrogen) atoms. The molecule has 1 aliphatic heterocycles.